The Morgan fingerprint density at radius 1 is 1.35 bits per heavy atom. The molecule has 0 fully saturated rings. The summed E-state index contributed by atoms with van der Waals surface area (Å²) in [5, 5.41) is 1.86. The van der Waals surface area contributed by atoms with Gasteiger partial charge in [0.1, 0.15) is 0 Å². The third-order valence-electron chi connectivity index (χ3n) is 2.14. The van der Waals surface area contributed by atoms with Crippen LogP contribution in [-0.2, 0) is 0 Å². The van der Waals surface area contributed by atoms with Gasteiger partial charge in [-0.25, -0.2) is 0 Å². The Morgan fingerprint density at radius 3 is 2.82 bits per heavy atom. The molecule has 0 saturated carbocycles. The first-order valence-corrected chi connectivity index (χ1v) is 6.59. The molecular formula is C12H10BrNO2S. The maximum Gasteiger partial charge on any atom is 0.210 e. The summed E-state index contributed by atoms with van der Waals surface area (Å²) in [6.45, 7) is -0.00662. The van der Waals surface area contributed by atoms with Crippen molar-refractivity contribution in [2.45, 2.75) is 0 Å². The molecule has 0 aliphatic rings. The second-order valence-corrected chi connectivity index (χ2v) is 5.15. The van der Waals surface area contributed by atoms with Crippen LogP contribution in [-0.4, -0.2) is 12.4 Å². The van der Waals surface area contributed by atoms with Crippen LogP contribution in [0.5, 0.6) is 5.75 Å². The number of nitrogens with two attached hydrogens (primary N) is 1. The molecule has 0 aliphatic heterocycles. The summed E-state index contributed by atoms with van der Waals surface area (Å²) in [6, 6.07) is 8.98. The van der Waals surface area contributed by atoms with Gasteiger partial charge < -0.3 is 10.5 Å². The third-order valence-corrected chi connectivity index (χ3v) is 3.68. The van der Waals surface area contributed by atoms with E-state index in [1.165, 1.54) is 11.3 Å². The normalized spacial score (nSPS) is 10.2. The highest BCUT2D eigenvalue weighted by Crippen LogP contribution is 2.30. The molecule has 1 aromatic carbocycles. The Bertz CT molecular complexity index is 505. The number of carbonyl (C=O) groups is 1. The summed E-state index contributed by atoms with van der Waals surface area (Å²) in [7, 11) is 0. The number of halogens is 1. The second-order valence-electron chi connectivity index (χ2n) is 3.35. The van der Waals surface area contributed by atoms with Crippen LogP contribution in [0.2, 0.25) is 0 Å². The average Bonchev–Trinajstić information content (AvgIpc) is 2.81. The fourth-order valence-electron chi connectivity index (χ4n) is 1.32. The smallest absolute Gasteiger partial charge is 0.210 e. The minimum Gasteiger partial charge on any atom is -0.482 e. The van der Waals surface area contributed by atoms with Crippen molar-refractivity contribution < 1.29 is 9.53 Å². The van der Waals surface area contributed by atoms with Gasteiger partial charge in [0.25, 0.3) is 0 Å². The zero-order valence-electron chi connectivity index (χ0n) is 8.85. The number of nitrogen functional groups attached to an aromatic ring is 1. The molecule has 2 rings (SSSR count). The molecule has 2 N–H and O–H groups in total. The topological polar surface area (TPSA) is 52.3 Å². The Balaban J connectivity index is 2.06. The number of ether oxygens (including phenoxy) is 1. The number of ketones is 1. The van der Waals surface area contributed by atoms with E-state index in [0.717, 1.165) is 4.47 Å². The molecule has 0 atom stereocenters. The number of anilines is 1. The number of carbonyl (C=O) groups excluding carboxylic acids is 1. The molecule has 0 saturated heterocycles. The lowest BCUT2D eigenvalue weighted by atomic mass is 10.3. The van der Waals surface area contributed by atoms with Gasteiger partial charge in [-0.05, 0) is 39.5 Å². The van der Waals surface area contributed by atoms with E-state index in [4.69, 9.17) is 10.5 Å². The number of hydrogen-bond acceptors (Lipinski definition) is 4. The molecule has 0 aliphatic carbocycles. The first kappa shape index (κ1) is 12.1. The molecule has 17 heavy (non-hydrogen) atoms. The van der Waals surface area contributed by atoms with Crippen LogP contribution in [0.4, 0.5) is 5.69 Å². The average molecular weight is 312 g/mol. The Kier molecular flexibility index (Phi) is 3.81. The maximum absolute atomic E-state index is 11.7. The lowest BCUT2D eigenvalue weighted by Gasteiger charge is -2.09. The lowest BCUT2D eigenvalue weighted by Crippen LogP contribution is -2.11. The molecule has 1 heterocycles. The van der Waals surface area contributed by atoms with Crippen LogP contribution in [0, 0.1) is 0 Å². The first-order chi connectivity index (χ1) is 8.18. The number of para-hydroxylation sites is 1. The Morgan fingerprint density at radius 2 is 2.18 bits per heavy atom. The highest BCUT2D eigenvalue weighted by atomic mass is 79.9. The molecule has 88 valence electrons. The summed E-state index contributed by atoms with van der Waals surface area (Å²) in [4.78, 5) is 12.4. The van der Waals surface area contributed by atoms with Crippen LogP contribution in [0.25, 0.3) is 0 Å². The van der Waals surface area contributed by atoms with E-state index < -0.39 is 0 Å². The van der Waals surface area contributed by atoms with E-state index in [1.54, 1.807) is 12.1 Å². The number of benzene rings is 1. The van der Waals surface area contributed by atoms with Crippen molar-refractivity contribution in [2.75, 3.05) is 12.3 Å². The van der Waals surface area contributed by atoms with E-state index in [2.05, 4.69) is 15.9 Å². The lowest BCUT2D eigenvalue weighted by molar-refractivity contribution is 0.0925. The molecule has 0 unspecified atom stereocenters. The minimum absolute atomic E-state index is 0.00662. The molecule has 3 nitrogen and oxygen atoms in total. The number of thiophene rings is 1. The van der Waals surface area contributed by atoms with Crippen molar-refractivity contribution in [2.24, 2.45) is 0 Å². The van der Waals surface area contributed by atoms with Crippen molar-refractivity contribution >= 4 is 38.7 Å². The van der Waals surface area contributed by atoms with Crippen molar-refractivity contribution in [3.63, 3.8) is 0 Å². The zero-order chi connectivity index (χ0) is 12.3. The van der Waals surface area contributed by atoms with Crippen LogP contribution in [0.15, 0.2) is 40.2 Å². The summed E-state index contributed by atoms with van der Waals surface area (Å²) in [5.74, 6) is 0.465. The van der Waals surface area contributed by atoms with E-state index in [9.17, 15) is 4.79 Å². The maximum atomic E-state index is 11.7. The largest absolute Gasteiger partial charge is 0.482 e. The molecule has 0 amide bonds. The van der Waals surface area contributed by atoms with E-state index >= 15 is 0 Å². The van der Waals surface area contributed by atoms with Crippen LogP contribution >= 0.6 is 27.3 Å². The molecule has 1 aromatic heterocycles. The van der Waals surface area contributed by atoms with Crippen molar-refractivity contribution in [1.82, 2.24) is 0 Å². The summed E-state index contributed by atoms with van der Waals surface area (Å²) < 4.78 is 6.19. The first-order valence-electron chi connectivity index (χ1n) is 4.92. The van der Waals surface area contributed by atoms with Crippen LogP contribution in [0.1, 0.15) is 9.67 Å². The Labute approximate surface area is 111 Å². The highest BCUT2D eigenvalue weighted by Gasteiger charge is 2.10. The van der Waals surface area contributed by atoms with E-state index in [1.807, 2.05) is 23.6 Å². The standard InChI is InChI=1S/C12H10BrNO2S/c13-8-3-1-4-9(14)12(8)16-7-10(15)11-5-2-6-17-11/h1-6H,7,14H2. The fourth-order valence-corrected chi connectivity index (χ4v) is 2.47. The van der Waals surface area contributed by atoms with Gasteiger partial charge in [0, 0.05) is 0 Å². The molecular weight excluding hydrogens is 302 g/mol. The predicted octanol–water partition coefficient (Wildman–Crippen LogP) is 3.35. The SMILES string of the molecule is Nc1cccc(Br)c1OCC(=O)c1cccs1. The molecule has 0 bridgehead atoms. The van der Waals surface area contributed by atoms with Gasteiger partial charge in [-0.15, -0.1) is 11.3 Å². The van der Waals surface area contributed by atoms with Crippen LogP contribution in [0.3, 0.4) is 0 Å². The Hall–Kier alpha value is -1.33. The van der Waals surface area contributed by atoms with Crippen LogP contribution < -0.4 is 10.5 Å². The van der Waals surface area contributed by atoms with Gasteiger partial charge in [0.15, 0.2) is 12.4 Å². The van der Waals surface area contributed by atoms with Crippen molar-refractivity contribution in [3.05, 3.63) is 45.1 Å². The predicted molar refractivity (Wildman–Crippen MR) is 72.7 cm³/mol. The van der Waals surface area contributed by atoms with E-state index in [-0.39, 0.29) is 12.4 Å². The molecule has 2 aromatic rings. The van der Waals surface area contributed by atoms with Gasteiger partial charge in [0.05, 0.1) is 15.0 Å². The molecule has 0 spiro atoms. The highest BCUT2D eigenvalue weighted by molar-refractivity contribution is 9.10. The van der Waals surface area contributed by atoms with Gasteiger partial charge in [-0.1, -0.05) is 12.1 Å². The minimum atomic E-state index is -0.0462. The summed E-state index contributed by atoms with van der Waals surface area (Å²) in [5.41, 5.74) is 6.27. The molecule has 5 heteroatoms. The number of hydrogen-bond donors (Lipinski definition) is 1. The van der Waals surface area contributed by atoms with Gasteiger partial charge in [0.2, 0.25) is 5.78 Å². The number of Topliss-reactive ketones (excluding diaryl/α,β-unsaturated/α-hetero) is 1. The van der Waals surface area contributed by atoms with Crippen molar-refractivity contribution in [3.8, 4) is 5.75 Å². The fraction of sp³-hybridized carbons (Fsp3) is 0.0833. The zero-order valence-corrected chi connectivity index (χ0v) is 11.3. The van der Waals surface area contributed by atoms with Gasteiger partial charge in [-0.3, -0.25) is 4.79 Å². The quantitative estimate of drug-likeness (QED) is 0.696. The summed E-state index contributed by atoms with van der Waals surface area (Å²) in [6.07, 6.45) is 0. The van der Waals surface area contributed by atoms with Gasteiger partial charge in [-0.2, -0.15) is 0 Å². The monoisotopic (exact) mass is 311 g/mol. The second kappa shape index (κ2) is 5.33. The van der Waals surface area contributed by atoms with E-state index in [0.29, 0.717) is 16.3 Å². The van der Waals surface area contributed by atoms with Crippen molar-refractivity contribution in [1.29, 1.82) is 0 Å². The summed E-state index contributed by atoms with van der Waals surface area (Å²) >= 11 is 4.73. The molecule has 0 radical (unpaired) electrons. The third kappa shape index (κ3) is 2.87. The van der Waals surface area contributed by atoms with Gasteiger partial charge >= 0.3 is 0 Å². The number of rotatable bonds is 4.